The van der Waals surface area contributed by atoms with Gasteiger partial charge in [0.05, 0.1) is 6.04 Å². The smallest absolute Gasteiger partial charge is 0.142 e. The van der Waals surface area contributed by atoms with Crippen LogP contribution < -0.4 is 4.74 Å². The maximum Gasteiger partial charge on any atom is 0.142 e. The molecule has 2 aromatic rings. The first-order valence-corrected chi connectivity index (χ1v) is 8.29. The maximum absolute atomic E-state index is 6.34. The number of pyridine rings is 1. The zero-order chi connectivity index (χ0) is 14.9. The van der Waals surface area contributed by atoms with Gasteiger partial charge in [0.25, 0.3) is 0 Å². The summed E-state index contributed by atoms with van der Waals surface area (Å²) in [5, 5.41) is 0.576. The number of benzene rings is 1. The summed E-state index contributed by atoms with van der Waals surface area (Å²) in [6.45, 7) is 2.34. The van der Waals surface area contributed by atoms with Crippen LogP contribution in [0.5, 0.6) is 5.75 Å². The van der Waals surface area contributed by atoms with Crippen molar-refractivity contribution in [2.45, 2.75) is 31.4 Å². The Balaban J connectivity index is 1.67. The molecule has 4 rings (SSSR count). The molecule has 1 aliphatic carbocycles. The van der Waals surface area contributed by atoms with Crippen molar-refractivity contribution in [2.24, 2.45) is 0 Å². The van der Waals surface area contributed by atoms with Crippen molar-refractivity contribution in [1.29, 1.82) is 0 Å². The van der Waals surface area contributed by atoms with Crippen LogP contribution in [0.25, 0.3) is 0 Å². The quantitative estimate of drug-likeness (QED) is 0.860. The lowest BCUT2D eigenvalue weighted by molar-refractivity contribution is 0.0941. The summed E-state index contributed by atoms with van der Waals surface area (Å²) in [5.74, 6) is 0.725. The second-order valence-corrected chi connectivity index (χ2v) is 6.47. The largest absolute Gasteiger partial charge is 0.482 e. The predicted molar refractivity (Wildman–Crippen MR) is 87.4 cm³/mol. The molecule has 3 nitrogen and oxygen atoms in total. The van der Waals surface area contributed by atoms with E-state index in [0.29, 0.717) is 11.1 Å². The lowest BCUT2D eigenvalue weighted by Crippen LogP contribution is -2.38. The topological polar surface area (TPSA) is 25.4 Å². The van der Waals surface area contributed by atoms with Crippen LogP contribution in [0, 0.1) is 0 Å². The van der Waals surface area contributed by atoms with Gasteiger partial charge >= 0.3 is 0 Å². The highest BCUT2D eigenvalue weighted by atomic mass is 35.5. The molecule has 1 aliphatic heterocycles. The lowest BCUT2D eigenvalue weighted by atomic mass is 10.1. The number of ether oxygens (including phenoxy) is 1. The van der Waals surface area contributed by atoms with Crippen molar-refractivity contribution in [3.05, 3.63) is 58.9 Å². The van der Waals surface area contributed by atoms with Gasteiger partial charge < -0.3 is 4.74 Å². The van der Waals surface area contributed by atoms with Crippen molar-refractivity contribution < 1.29 is 4.74 Å². The lowest BCUT2D eigenvalue weighted by Gasteiger charge is -2.30. The predicted octanol–water partition coefficient (Wildman–Crippen LogP) is 3.88. The van der Waals surface area contributed by atoms with E-state index in [1.165, 1.54) is 37.1 Å². The molecule has 1 aromatic heterocycles. The van der Waals surface area contributed by atoms with Crippen LogP contribution in [0.3, 0.4) is 0 Å². The molecular weight excluding hydrogens is 296 g/mol. The van der Waals surface area contributed by atoms with E-state index in [4.69, 9.17) is 16.3 Å². The molecule has 1 aromatic carbocycles. The Hall–Kier alpha value is -1.58. The molecule has 22 heavy (non-hydrogen) atoms. The van der Waals surface area contributed by atoms with Gasteiger partial charge in [0.1, 0.15) is 16.9 Å². The van der Waals surface area contributed by atoms with Gasteiger partial charge in [-0.2, -0.15) is 0 Å². The van der Waals surface area contributed by atoms with E-state index < -0.39 is 0 Å². The Labute approximate surface area is 135 Å². The molecule has 0 spiro atoms. The molecule has 0 radical (unpaired) electrons. The number of rotatable bonds is 3. The Morgan fingerprint density at radius 2 is 1.95 bits per heavy atom. The zero-order valence-corrected chi connectivity index (χ0v) is 13.2. The van der Waals surface area contributed by atoms with Gasteiger partial charge in [0.2, 0.25) is 0 Å². The first-order valence-electron chi connectivity index (χ1n) is 7.91. The SMILES string of the molecule is Clc1cnccc1OC1c2ccccc2CC1N1CCCC1. The highest BCUT2D eigenvalue weighted by Gasteiger charge is 2.38. The van der Waals surface area contributed by atoms with Crippen molar-refractivity contribution >= 4 is 11.6 Å². The molecule has 114 valence electrons. The minimum atomic E-state index is 0.0502. The molecule has 4 heteroatoms. The second kappa shape index (κ2) is 5.90. The fourth-order valence-electron chi connectivity index (χ4n) is 3.67. The summed E-state index contributed by atoms with van der Waals surface area (Å²) in [7, 11) is 0. The van der Waals surface area contributed by atoms with Crippen LogP contribution in [0.1, 0.15) is 30.1 Å². The van der Waals surface area contributed by atoms with Crippen molar-refractivity contribution in [3.63, 3.8) is 0 Å². The fraction of sp³-hybridized carbons (Fsp3) is 0.389. The minimum absolute atomic E-state index is 0.0502. The van der Waals surface area contributed by atoms with E-state index in [-0.39, 0.29) is 6.10 Å². The van der Waals surface area contributed by atoms with E-state index in [1.54, 1.807) is 12.4 Å². The molecule has 1 fully saturated rings. The van der Waals surface area contributed by atoms with E-state index >= 15 is 0 Å². The van der Waals surface area contributed by atoms with Crippen molar-refractivity contribution in [1.82, 2.24) is 9.88 Å². The van der Waals surface area contributed by atoms with Crippen LogP contribution in [0.15, 0.2) is 42.7 Å². The number of hydrogen-bond acceptors (Lipinski definition) is 3. The first kappa shape index (κ1) is 14.0. The summed E-state index contributed by atoms with van der Waals surface area (Å²) in [5.41, 5.74) is 2.70. The van der Waals surface area contributed by atoms with Gasteiger partial charge in [-0.05, 0) is 43.5 Å². The van der Waals surface area contributed by atoms with Crippen LogP contribution in [0.4, 0.5) is 0 Å². The third kappa shape index (κ3) is 2.49. The normalized spacial score (nSPS) is 24.4. The van der Waals surface area contributed by atoms with E-state index in [0.717, 1.165) is 12.2 Å². The molecule has 2 aliphatic rings. The van der Waals surface area contributed by atoms with Crippen molar-refractivity contribution in [2.75, 3.05) is 13.1 Å². The highest BCUT2D eigenvalue weighted by Crippen LogP contribution is 2.40. The molecule has 0 N–H and O–H groups in total. The van der Waals surface area contributed by atoms with Crippen LogP contribution in [0.2, 0.25) is 5.02 Å². The number of nitrogens with zero attached hydrogens (tertiary/aromatic N) is 2. The summed E-state index contributed by atoms with van der Waals surface area (Å²) in [6.07, 6.45) is 7.05. The molecule has 0 amide bonds. The second-order valence-electron chi connectivity index (χ2n) is 6.06. The number of aromatic nitrogens is 1. The third-order valence-electron chi connectivity index (χ3n) is 4.74. The van der Waals surface area contributed by atoms with Crippen molar-refractivity contribution in [3.8, 4) is 5.75 Å². The molecule has 0 bridgehead atoms. The Morgan fingerprint density at radius 3 is 2.77 bits per heavy atom. The summed E-state index contributed by atoms with van der Waals surface area (Å²) >= 11 is 6.24. The standard InChI is InChI=1S/C18H19ClN2O/c19-15-12-20-8-7-17(15)22-18-14-6-2-1-5-13(14)11-16(18)21-9-3-4-10-21/h1-2,5-8,12,16,18H,3-4,9-11H2. The molecule has 1 saturated heterocycles. The maximum atomic E-state index is 6.34. The summed E-state index contributed by atoms with van der Waals surface area (Å²) in [4.78, 5) is 6.61. The fourth-order valence-corrected chi connectivity index (χ4v) is 3.83. The van der Waals surface area contributed by atoms with Crippen LogP contribution >= 0.6 is 11.6 Å². The molecule has 2 heterocycles. The highest BCUT2D eigenvalue weighted by molar-refractivity contribution is 6.31. The average Bonchev–Trinajstić information content (AvgIpc) is 3.17. The molecular formula is C18H19ClN2O. The van der Waals surface area contributed by atoms with Crippen LogP contribution in [-0.4, -0.2) is 29.0 Å². The third-order valence-corrected chi connectivity index (χ3v) is 5.02. The minimum Gasteiger partial charge on any atom is -0.482 e. The zero-order valence-electron chi connectivity index (χ0n) is 12.4. The molecule has 2 unspecified atom stereocenters. The molecule has 0 saturated carbocycles. The van der Waals surface area contributed by atoms with E-state index in [1.807, 2.05) is 6.07 Å². The number of likely N-dealkylation sites (tertiary alicyclic amines) is 1. The number of fused-ring (bicyclic) bond motifs is 1. The van der Waals surface area contributed by atoms with Gasteiger partial charge in [0, 0.05) is 18.5 Å². The number of hydrogen-bond donors (Lipinski definition) is 0. The Kier molecular flexibility index (Phi) is 3.77. The van der Waals surface area contributed by atoms with Crippen LogP contribution in [-0.2, 0) is 6.42 Å². The molecule has 2 atom stereocenters. The van der Waals surface area contributed by atoms with Gasteiger partial charge in [-0.1, -0.05) is 35.9 Å². The van der Waals surface area contributed by atoms with E-state index in [2.05, 4.69) is 34.1 Å². The van der Waals surface area contributed by atoms with Gasteiger partial charge in [-0.3, -0.25) is 9.88 Å². The first-order chi connectivity index (χ1) is 10.8. The number of halogens is 1. The Morgan fingerprint density at radius 1 is 1.14 bits per heavy atom. The average molecular weight is 315 g/mol. The Bertz CT molecular complexity index is 670. The van der Waals surface area contributed by atoms with Gasteiger partial charge in [-0.15, -0.1) is 0 Å². The summed E-state index contributed by atoms with van der Waals surface area (Å²) in [6, 6.07) is 10.9. The van der Waals surface area contributed by atoms with E-state index in [9.17, 15) is 0 Å². The monoisotopic (exact) mass is 314 g/mol. The summed E-state index contributed by atoms with van der Waals surface area (Å²) < 4.78 is 6.34. The van der Waals surface area contributed by atoms with Gasteiger partial charge in [0.15, 0.2) is 0 Å². The van der Waals surface area contributed by atoms with Gasteiger partial charge in [-0.25, -0.2) is 0 Å².